The van der Waals surface area contributed by atoms with Crippen molar-refractivity contribution in [2.75, 3.05) is 50.1 Å². The first kappa shape index (κ1) is 19.5. The van der Waals surface area contributed by atoms with Gasteiger partial charge < -0.3 is 15.0 Å². The lowest BCUT2D eigenvalue weighted by atomic mass is 10.2. The summed E-state index contributed by atoms with van der Waals surface area (Å²) in [4.78, 5) is 16.7. The lowest BCUT2D eigenvalue weighted by molar-refractivity contribution is -0.116. The number of carbonyl (C=O) groups is 1. The van der Waals surface area contributed by atoms with Gasteiger partial charge in [-0.3, -0.25) is 9.69 Å². The fourth-order valence-electron chi connectivity index (χ4n) is 3.11. The average Bonchev–Trinajstić information content (AvgIpc) is 2.68. The molecule has 0 spiro atoms. The van der Waals surface area contributed by atoms with Gasteiger partial charge in [-0.05, 0) is 42.5 Å². The zero-order chi connectivity index (χ0) is 19.2. The van der Waals surface area contributed by atoms with Gasteiger partial charge in [-0.2, -0.15) is 0 Å². The molecule has 1 fully saturated rings. The zero-order valence-electron chi connectivity index (χ0n) is 15.3. The highest BCUT2D eigenvalue weighted by atomic mass is 35.5. The molecule has 3 rings (SSSR count). The minimum atomic E-state index is -0.221. The molecule has 27 heavy (non-hydrogen) atoms. The monoisotopic (exact) mass is 391 g/mol. The number of benzene rings is 2. The molecule has 144 valence electrons. The molecule has 0 bridgehead atoms. The van der Waals surface area contributed by atoms with E-state index in [-0.39, 0.29) is 11.7 Å². The van der Waals surface area contributed by atoms with Gasteiger partial charge in [-0.25, -0.2) is 4.39 Å². The lowest BCUT2D eigenvalue weighted by Crippen LogP contribution is -2.47. The van der Waals surface area contributed by atoms with Gasteiger partial charge in [-0.15, -0.1) is 0 Å². The number of hydrogen-bond donors (Lipinski definition) is 1. The Labute approximate surface area is 163 Å². The largest absolute Gasteiger partial charge is 0.495 e. The smallest absolute Gasteiger partial charge is 0.225 e. The van der Waals surface area contributed by atoms with Crippen LogP contribution < -0.4 is 15.0 Å². The number of ether oxygens (including phenoxy) is 1. The van der Waals surface area contributed by atoms with Crippen LogP contribution in [0.2, 0.25) is 5.02 Å². The maximum Gasteiger partial charge on any atom is 0.225 e. The number of nitrogens with one attached hydrogen (secondary N) is 1. The third-order valence-corrected chi connectivity index (χ3v) is 4.95. The lowest BCUT2D eigenvalue weighted by Gasteiger charge is -2.36. The zero-order valence-corrected chi connectivity index (χ0v) is 16.0. The Balaban J connectivity index is 1.42. The van der Waals surface area contributed by atoms with Gasteiger partial charge in [0, 0.05) is 50.5 Å². The molecule has 0 aliphatic carbocycles. The molecule has 1 N–H and O–H groups in total. The van der Waals surface area contributed by atoms with Gasteiger partial charge in [0.25, 0.3) is 0 Å². The summed E-state index contributed by atoms with van der Waals surface area (Å²) in [5.74, 6) is 0.312. The average molecular weight is 392 g/mol. The molecule has 1 saturated heterocycles. The van der Waals surface area contributed by atoms with Crippen LogP contribution in [0.25, 0.3) is 0 Å². The summed E-state index contributed by atoms with van der Waals surface area (Å²) in [5.41, 5.74) is 1.69. The number of methoxy groups -OCH3 is 1. The number of halogens is 2. The van der Waals surface area contributed by atoms with Crippen molar-refractivity contribution in [3.8, 4) is 5.75 Å². The third-order valence-electron chi connectivity index (χ3n) is 4.65. The number of hydrogen-bond acceptors (Lipinski definition) is 4. The topological polar surface area (TPSA) is 44.8 Å². The fraction of sp³-hybridized carbons (Fsp3) is 0.350. The van der Waals surface area contributed by atoms with E-state index in [1.807, 2.05) is 0 Å². The summed E-state index contributed by atoms with van der Waals surface area (Å²) in [5, 5.41) is 3.33. The summed E-state index contributed by atoms with van der Waals surface area (Å²) in [6.07, 6.45) is 0.417. The summed E-state index contributed by atoms with van der Waals surface area (Å²) in [7, 11) is 1.55. The summed E-state index contributed by atoms with van der Waals surface area (Å²) in [6, 6.07) is 11.8. The Morgan fingerprint density at radius 2 is 1.85 bits per heavy atom. The van der Waals surface area contributed by atoms with Gasteiger partial charge >= 0.3 is 0 Å². The molecule has 1 aliphatic heterocycles. The number of carbonyl (C=O) groups excluding carboxylic acids is 1. The standard InChI is InChI=1S/C20H23ClFN3O2/c1-27-19-7-4-16(14-18(19)21)23-20(26)8-9-24-10-12-25(13-11-24)17-5-2-15(22)3-6-17/h2-7,14H,8-13H2,1H3,(H,23,26). The van der Waals surface area contributed by atoms with Crippen molar-refractivity contribution in [3.63, 3.8) is 0 Å². The first-order chi connectivity index (χ1) is 13.0. The van der Waals surface area contributed by atoms with Crippen LogP contribution in [0.15, 0.2) is 42.5 Å². The Morgan fingerprint density at radius 3 is 2.48 bits per heavy atom. The van der Waals surface area contributed by atoms with Gasteiger partial charge in [0.15, 0.2) is 0 Å². The van der Waals surface area contributed by atoms with Crippen LogP contribution in [0.5, 0.6) is 5.75 Å². The number of amides is 1. The van der Waals surface area contributed by atoms with Crippen LogP contribution in [0, 0.1) is 5.82 Å². The molecule has 1 heterocycles. The van der Waals surface area contributed by atoms with Crippen molar-refractivity contribution in [2.45, 2.75) is 6.42 Å². The van der Waals surface area contributed by atoms with E-state index in [4.69, 9.17) is 16.3 Å². The Kier molecular flexibility index (Phi) is 6.53. The van der Waals surface area contributed by atoms with E-state index in [0.29, 0.717) is 29.4 Å². The van der Waals surface area contributed by atoms with Crippen molar-refractivity contribution in [1.29, 1.82) is 0 Å². The van der Waals surface area contributed by atoms with E-state index in [1.54, 1.807) is 37.4 Å². The maximum atomic E-state index is 13.0. The summed E-state index contributed by atoms with van der Waals surface area (Å²) < 4.78 is 18.1. The second-order valence-corrected chi connectivity index (χ2v) is 6.86. The van der Waals surface area contributed by atoms with E-state index in [9.17, 15) is 9.18 Å². The highest BCUT2D eigenvalue weighted by Crippen LogP contribution is 2.27. The van der Waals surface area contributed by atoms with E-state index >= 15 is 0 Å². The molecule has 2 aromatic carbocycles. The molecule has 0 unspecified atom stereocenters. The highest BCUT2D eigenvalue weighted by molar-refractivity contribution is 6.32. The van der Waals surface area contributed by atoms with Crippen LogP contribution in [-0.2, 0) is 4.79 Å². The fourth-order valence-corrected chi connectivity index (χ4v) is 3.37. The van der Waals surface area contributed by atoms with Crippen LogP contribution >= 0.6 is 11.6 Å². The molecular weight excluding hydrogens is 369 g/mol. The van der Waals surface area contributed by atoms with E-state index in [0.717, 1.165) is 31.9 Å². The minimum absolute atomic E-state index is 0.0443. The molecule has 7 heteroatoms. The van der Waals surface area contributed by atoms with Gasteiger partial charge in [0.2, 0.25) is 5.91 Å². The molecule has 5 nitrogen and oxygen atoms in total. The molecule has 1 aliphatic rings. The minimum Gasteiger partial charge on any atom is -0.495 e. The van der Waals surface area contributed by atoms with Crippen LogP contribution in [-0.4, -0.2) is 50.6 Å². The van der Waals surface area contributed by atoms with Crippen molar-refractivity contribution in [2.24, 2.45) is 0 Å². The first-order valence-corrected chi connectivity index (χ1v) is 9.29. The molecule has 2 aromatic rings. The number of rotatable bonds is 6. The van der Waals surface area contributed by atoms with E-state index in [1.165, 1.54) is 12.1 Å². The van der Waals surface area contributed by atoms with E-state index in [2.05, 4.69) is 15.1 Å². The highest BCUT2D eigenvalue weighted by Gasteiger charge is 2.18. The Morgan fingerprint density at radius 1 is 1.15 bits per heavy atom. The summed E-state index contributed by atoms with van der Waals surface area (Å²) in [6.45, 7) is 4.17. The second kappa shape index (κ2) is 9.06. The number of anilines is 2. The van der Waals surface area contributed by atoms with Crippen molar-refractivity contribution in [3.05, 3.63) is 53.3 Å². The van der Waals surface area contributed by atoms with Crippen LogP contribution in [0.4, 0.5) is 15.8 Å². The quantitative estimate of drug-likeness (QED) is 0.816. The first-order valence-electron chi connectivity index (χ1n) is 8.91. The molecule has 1 amide bonds. The third kappa shape index (κ3) is 5.34. The predicted octanol–water partition coefficient (Wildman–Crippen LogP) is 3.64. The Hall–Kier alpha value is -2.31. The molecule has 0 aromatic heterocycles. The van der Waals surface area contributed by atoms with Crippen molar-refractivity contribution >= 4 is 28.9 Å². The number of nitrogens with zero attached hydrogens (tertiary/aromatic N) is 2. The van der Waals surface area contributed by atoms with Crippen LogP contribution in [0.1, 0.15) is 6.42 Å². The van der Waals surface area contributed by atoms with Gasteiger partial charge in [0.05, 0.1) is 12.1 Å². The van der Waals surface area contributed by atoms with Crippen molar-refractivity contribution < 1.29 is 13.9 Å². The maximum absolute atomic E-state index is 13.0. The molecular formula is C20H23ClFN3O2. The molecule has 0 atom stereocenters. The normalized spacial score (nSPS) is 14.9. The van der Waals surface area contributed by atoms with Gasteiger partial charge in [-0.1, -0.05) is 11.6 Å². The van der Waals surface area contributed by atoms with Crippen LogP contribution in [0.3, 0.4) is 0 Å². The molecule has 0 saturated carbocycles. The number of piperazine rings is 1. The van der Waals surface area contributed by atoms with Gasteiger partial charge in [0.1, 0.15) is 11.6 Å². The Bertz CT molecular complexity index is 777. The second-order valence-electron chi connectivity index (χ2n) is 6.45. The van der Waals surface area contributed by atoms with Crippen molar-refractivity contribution in [1.82, 2.24) is 4.90 Å². The van der Waals surface area contributed by atoms with E-state index < -0.39 is 0 Å². The molecule has 0 radical (unpaired) electrons. The SMILES string of the molecule is COc1ccc(NC(=O)CCN2CCN(c3ccc(F)cc3)CC2)cc1Cl. The summed E-state index contributed by atoms with van der Waals surface area (Å²) >= 11 is 6.07. The predicted molar refractivity (Wildman–Crippen MR) is 106 cm³/mol.